The Morgan fingerprint density at radius 1 is 1.24 bits per heavy atom. The van der Waals surface area contributed by atoms with E-state index in [9.17, 15) is 0 Å². The summed E-state index contributed by atoms with van der Waals surface area (Å²) in [4.78, 5) is 8.37. The molecular formula is C13H14BrN3. The van der Waals surface area contributed by atoms with E-state index in [-0.39, 0.29) is 0 Å². The number of aromatic nitrogens is 2. The fourth-order valence-corrected chi connectivity index (χ4v) is 2.03. The maximum absolute atomic E-state index is 4.18. The Morgan fingerprint density at radius 3 is 2.71 bits per heavy atom. The zero-order valence-electron chi connectivity index (χ0n) is 9.65. The van der Waals surface area contributed by atoms with Crippen molar-refractivity contribution in [1.82, 2.24) is 9.97 Å². The number of aryl methyl sites for hydroxylation is 1. The third kappa shape index (κ3) is 3.27. The largest absolute Gasteiger partial charge is 0.378 e. The van der Waals surface area contributed by atoms with Gasteiger partial charge in [-0.1, -0.05) is 22.9 Å². The Labute approximate surface area is 109 Å². The van der Waals surface area contributed by atoms with Gasteiger partial charge in [-0.25, -0.2) is 9.97 Å². The monoisotopic (exact) mass is 291 g/mol. The molecule has 3 nitrogen and oxygen atoms in total. The van der Waals surface area contributed by atoms with Crippen LogP contribution in [0.25, 0.3) is 0 Å². The number of rotatable bonds is 4. The first-order chi connectivity index (χ1) is 8.29. The molecule has 0 bridgehead atoms. The fourth-order valence-electron chi connectivity index (χ4n) is 1.62. The van der Waals surface area contributed by atoms with Crippen molar-refractivity contribution in [3.05, 3.63) is 52.5 Å². The van der Waals surface area contributed by atoms with E-state index < -0.39 is 0 Å². The van der Waals surface area contributed by atoms with Crippen LogP contribution in [-0.2, 0) is 13.0 Å². The van der Waals surface area contributed by atoms with Crippen LogP contribution in [-0.4, -0.2) is 9.97 Å². The molecule has 0 aliphatic rings. The molecular weight excluding hydrogens is 278 g/mol. The molecule has 1 N–H and O–H groups in total. The average Bonchev–Trinajstić information content (AvgIpc) is 2.38. The summed E-state index contributed by atoms with van der Waals surface area (Å²) in [7, 11) is 0. The van der Waals surface area contributed by atoms with Crippen molar-refractivity contribution in [2.45, 2.75) is 19.9 Å². The Morgan fingerprint density at radius 2 is 2.00 bits per heavy atom. The zero-order valence-corrected chi connectivity index (χ0v) is 11.2. The molecule has 2 rings (SSSR count). The number of halogens is 1. The summed E-state index contributed by atoms with van der Waals surface area (Å²) in [6, 6.07) is 8.06. The van der Waals surface area contributed by atoms with Gasteiger partial charge in [-0.05, 0) is 36.2 Å². The topological polar surface area (TPSA) is 37.8 Å². The molecule has 0 fully saturated rings. The molecule has 0 radical (unpaired) electrons. The third-order valence-electron chi connectivity index (χ3n) is 2.50. The number of hydrogen-bond acceptors (Lipinski definition) is 3. The highest BCUT2D eigenvalue weighted by Crippen LogP contribution is 2.21. The lowest BCUT2D eigenvalue weighted by Crippen LogP contribution is -2.05. The number of benzene rings is 1. The first-order valence-electron chi connectivity index (χ1n) is 5.58. The molecule has 0 saturated carbocycles. The quantitative estimate of drug-likeness (QED) is 0.938. The van der Waals surface area contributed by atoms with E-state index >= 15 is 0 Å². The van der Waals surface area contributed by atoms with Gasteiger partial charge < -0.3 is 5.32 Å². The molecule has 1 aromatic heterocycles. The third-order valence-corrected chi connectivity index (χ3v) is 3.00. The molecule has 0 saturated heterocycles. The normalized spacial score (nSPS) is 10.2. The molecule has 17 heavy (non-hydrogen) atoms. The van der Waals surface area contributed by atoms with E-state index in [0.717, 1.165) is 22.4 Å². The van der Waals surface area contributed by atoms with Crippen molar-refractivity contribution < 1.29 is 0 Å². The van der Waals surface area contributed by atoms with Gasteiger partial charge in [0, 0.05) is 22.6 Å². The summed E-state index contributed by atoms with van der Waals surface area (Å²) < 4.78 is 1.11. The highest BCUT2D eigenvalue weighted by Gasteiger charge is 2.02. The molecule has 0 aliphatic heterocycles. The molecule has 1 heterocycles. The van der Waals surface area contributed by atoms with Crippen molar-refractivity contribution in [3.8, 4) is 0 Å². The van der Waals surface area contributed by atoms with Gasteiger partial charge in [0.15, 0.2) is 0 Å². The molecule has 4 heteroatoms. The van der Waals surface area contributed by atoms with Gasteiger partial charge in [0.25, 0.3) is 0 Å². The van der Waals surface area contributed by atoms with Crippen LogP contribution in [0.3, 0.4) is 0 Å². The van der Waals surface area contributed by atoms with Crippen molar-refractivity contribution >= 4 is 21.6 Å². The fraction of sp³-hybridized carbons (Fsp3) is 0.231. The van der Waals surface area contributed by atoms with E-state index in [4.69, 9.17) is 0 Å². The standard InChI is InChI=1S/C13H14BrN3/c1-2-10-8-11(14)4-5-12(10)17-9-13-15-6-3-7-16-13/h3-8,17H,2,9H2,1H3. The predicted octanol–water partition coefficient (Wildman–Crippen LogP) is 3.41. The van der Waals surface area contributed by atoms with E-state index in [1.165, 1.54) is 5.56 Å². The Hall–Kier alpha value is -1.42. The number of nitrogens with zero attached hydrogens (tertiary/aromatic N) is 2. The predicted molar refractivity (Wildman–Crippen MR) is 72.9 cm³/mol. The lowest BCUT2D eigenvalue weighted by molar-refractivity contribution is 0.943. The summed E-state index contributed by atoms with van der Waals surface area (Å²) in [6.07, 6.45) is 4.51. The van der Waals surface area contributed by atoms with Gasteiger partial charge in [-0.3, -0.25) is 0 Å². The zero-order chi connectivity index (χ0) is 12.1. The Kier molecular flexibility index (Phi) is 4.09. The minimum atomic E-state index is 0.648. The van der Waals surface area contributed by atoms with Crippen LogP contribution in [0.4, 0.5) is 5.69 Å². The summed E-state index contributed by atoms with van der Waals surface area (Å²) >= 11 is 3.48. The van der Waals surface area contributed by atoms with Crippen LogP contribution in [0.5, 0.6) is 0 Å². The van der Waals surface area contributed by atoms with E-state index in [0.29, 0.717) is 6.54 Å². The molecule has 2 aromatic rings. The van der Waals surface area contributed by atoms with Gasteiger partial charge in [0.05, 0.1) is 6.54 Å². The smallest absolute Gasteiger partial charge is 0.147 e. The molecule has 88 valence electrons. The first-order valence-corrected chi connectivity index (χ1v) is 6.37. The van der Waals surface area contributed by atoms with Crippen LogP contribution in [0.1, 0.15) is 18.3 Å². The molecule has 1 aromatic carbocycles. The van der Waals surface area contributed by atoms with Gasteiger partial charge in [0.2, 0.25) is 0 Å². The average molecular weight is 292 g/mol. The maximum atomic E-state index is 4.18. The van der Waals surface area contributed by atoms with Gasteiger partial charge >= 0.3 is 0 Å². The van der Waals surface area contributed by atoms with Gasteiger partial charge in [-0.15, -0.1) is 0 Å². The molecule has 0 unspecified atom stereocenters. The van der Waals surface area contributed by atoms with E-state index in [1.54, 1.807) is 12.4 Å². The van der Waals surface area contributed by atoms with E-state index in [2.05, 4.69) is 50.3 Å². The minimum Gasteiger partial charge on any atom is -0.378 e. The maximum Gasteiger partial charge on any atom is 0.147 e. The van der Waals surface area contributed by atoms with Crippen LogP contribution in [0.2, 0.25) is 0 Å². The van der Waals surface area contributed by atoms with Crippen LogP contribution >= 0.6 is 15.9 Å². The second-order valence-electron chi connectivity index (χ2n) is 3.67. The number of anilines is 1. The SMILES string of the molecule is CCc1cc(Br)ccc1NCc1ncccn1. The van der Waals surface area contributed by atoms with Crippen molar-refractivity contribution in [2.75, 3.05) is 5.32 Å². The lowest BCUT2D eigenvalue weighted by atomic mass is 10.1. The van der Waals surface area contributed by atoms with Crippen molar-refractivity contribution in [3.63, 3.8) is 0 Å². The highest BCUT2D eigenvalue weighted by molar-refractivity contribution is 9.10. The van der Waals surface area contributed by atoms with Crippen molar-refractivity contribution in [1.29, 1.82) is 0 Å². The summed E-state index contributed by atoms with van der Waals surface area (Å²) in [5.41, 5.74) is 2.43. The Balaban J connectivity index is 2.09. The molecule has 0 amide bonds. The summed E-state index contributed by atoms with van der Waals surface area (Å²) in [5, 5.41) is 3.36. The summed E-state index contributed by atoms with van der Waals surface area (Å²) in [5.74, 6) is 0.803. The molecule has 0 atom stereocenters. The minimum absolute atomic E-state index is 0.648. The van der Waals surface area contributed by atoms with Crippen LogP contribution in [0, 0.1) is 0 Å². The molecule has 0 aliphatic carbocycles. The number of nitrogens with one attached hydrogen (secondary N) is 1. The second-order valence-corrected chi connectivity index (χ2v) is 4.59. The van der Waals surface area contributed by atoms with Gasteiger partial charge in [0.1, 0.15) is 5.82 Å². The first kappa shape index (κ1) is 12.0. The number of hydrogen-bond donors (Lipinski definition) is 1. The van der Waals surface area contributed by atoms with Gasteiger partial charge in [-0.2, -0.15) is 0 Å². The second kappa shape index (κ2) is 5.77. The van der Waals surface area contributed by atoms with Crippen LogP contribution in [0.15, 0.2) is 41.1 Å². The lowest BCUT2D eigenvalue weighted by Gasteiger charge is -2.10. The van der Waals surface area contributed by atoms with Crippen LogP contribution < -0.4 is 5.32 Å². The summed E-state index contributed by atoms with van der Waals surface area (Å²) in [6.45, 7) is 2.79. The Bertz CT molecular complexity index is 485. The van der Waals surface area contributed by atoms with E-state index in [1.807, 2.05) is 12.1 Å². The highest BCUT2D eigenvalue weighted by atomic mass is 79.9. The molecule has 0 spiro atoms. The van der Waals surface area contributed by atoms with Crippen molar-refractivity contribution in [2.24, 2.45) is 0 Å².